The summed E-state index contributed by atoms with van der Waals surface area (Å²) in [6.07, 6.45) is 1.26. The third-order valence-electron chi connectivity index (χ3n) is 1.66. The van der Waals surface area contributed by atoms with Crippen molar-refractivity contribution in [1.82, 2.24) is 4.98 Å². The van der Waals surface area contributed by atoms with Crippen LogP contribution in [0, 0.1) is 13.8 Å². The highest BCUT2D eigenvalue weighted by Crippen LogP contribution is 2.20. The van der Waals surface area contributed by atoms with Crippen molar-refractivity contribution in [2.75, 3.05) is 0 Å². The smallest absolute Gasteiger partial charge is 0.0734 e. The molecule has 64 valence electrons. The Labute approximate surface area is 75.0 Å². The number of pyridine rings is 1. The first-order chi connectivity index (χ1) is 5.54. The molecule has 0 aromatic carbocycles. The maximum absolute atomic E-state index is 10.5. The number of carboxylic acid groups (broad SMARTS) is 1. The van der Waals surface area contributed by atoms with Crippen LogP contribution in [0.25, 0.3) is 0 Å². The summed E-state index contributed by atoms with van der Waals surface area (Å²) in [5, 5.41) is 10.9. The van der Waals surface area contributed by atoms with Crippen LogP contribution in [0.4, 0.5) is 0 Å². The Kier molecular flexibility index (Phi) is 2.33. The first-order valence-electron chi connectivity index (χ1n) is 3.37. The summed E-state index contributed by atoms with van der Waals surface area (Å²) in [4.78, 5) is 14.3. The number of nitrogens with zero attached hydrogens (tertiary/aromatic N) is 1. The zero-order chi connectivity index (χ0) is 9.30. The molecule has 1 aromatic heterocycles. The molecule has 0 saturated heterocycles. The van der Waals surface area contributed by atoms with Crippen molar-refractivity contribution in [3.63, 3.8) is 0 Å². The quantitative estimate of drug-likeness (QED) is 0.646. The lowest BCUT2D eigenvalue weighted by Gasteiger charge is -2.08. The van der Waals surface area contributed by atoms with E-state index in [-0.39, 0.29) is 5.56 Å². The van der Waals surface area contributed by atoms with E-state index < -0.39 is 5.97 Å². The Balaban J connectivity index is 3.36. The van der Waals surface area contributed by atoms with Gasteiger partial charge in [0.1, 0.15) is 0 Å². The van der Waals surface area contributed by atoms with Crippen LogP contribution in [0.3, 0.4) is 0 Å². The molecule has 0 atom stereocenters. The van der Waals surface area contributed by atoms with Gasteiger partial charge in [-0.15, -0.1) is 0 Å². The number of halogens is 1. The fourth-order valence-electron chi connectivity index (χ4n) is 0.910. The van der Waals surface area contributed by atoms with Gasteiger partial charge in [0.25, 0.3) is 0 Å². The van der Waals surface area contributed by atoms with Crippen molar-refractivity contribution in [1.29, 1.82) is 0 Å². The van der Waals surface area contributed by atoms with Crippen molar-refractivity contribution < 1.29 is 9.90 Å². The zero-order valence-corrected chi connectivity index (χ0v) is 7.47. The second-order valence-corrected chi connectivity index (χ2v) is 2.86. The van der Waals surface area contributed by atoms with Crippen molar-refractivity contribution in [2.45, 2.75) is 13.8 Å². The van der Waals surface area contributed by atoms with Gasteiger partial charge < -0.3 is 9.90 Å². The number of hydrogen-bond donors (Lipinski definition) is 0. The standard InChI is InChI=1S/C8H8ClNO2/c1-4-6(8(11)12)3-10-5(2)7(4)9/h3H,1-2H3,(H,11,12)/p-1. The summed E-state index contributed by atoms with van der Waals surface area (Å²) in [5.74, 6) is -1.25. The monoisotopic (exact) mass is 184 g/mol. The molecule has 0 aliphatic heterocycles. The van der Waals surface area contributed by atoms with Gasteiger partial charge in [0.2, 0.25) is 0 Å². The maximum Gasteiger partial charge on any atom is 0.0734 e. The predicted octanol–water partition coefficient (Wildman–Crippen LogP) is 0.715. The topological polar surface area (TPSA) is 53.0 Å². The highest BCUT2D eigenvalue weighted by Gasteiger charge is 2.06. The van der Waals surface area contributed by atoms with Gasteiger partial charge in [0.05, 0.1) is 16.7 Å². The number of hydrogen-bond acceptors (Lipinski definition) is 3. The molecule has 0 fully saturated rings. The van der Waals surface area contributed by atoms with Crippen LogP contribution in [0.2, 0.25) is 5.02 Å². The number of carbonyl (C=O) groups is 1. The zero-order valence-electron chi connectivity index (χ0n) is 6.72. The summed E-state index contributed by atoms with van der Waals surface area (Å²) in [6.45, 7) is 3.34. The highest BCUT2D eigenvalue weighted by atomic mass is 35.5. The number of carboxylic acids is 1. The number of carbonyl (C=O) groups excluding carboxylic acids is 1. The second kappa shape index (κ2) is 3.11. The first kappa shape index (κ1) is 9.00. The molecule has 0 N–H and O–H groups in total. The molecule has 3 nitrogen and oxygen atoms in total. The Morgan fingerprint density at radius 2 is 2.17 bits per heavy atom. The van der Waals surface area contributed by atoms with E-state index in [1.807, 2.05) is 0 Å². The summed E-state index contributed by atoms with van der Waals surface area (Å²) >= 11 is 5.77. The molecule has 0 amide bonds. The summed E-state index contributed by atoms with van der Waals surface area (Å²) < 4.78 is 0. The van der Waals surface area contributed by atoms with E-state index in [1.165, 1.54) is 6.20 Å². The molecule has 0 saturated carbocycles. The summed E-state index contributed by atoms with van der Waals surface area (Å²) in [5.41, 5.74) is 1.17. The summed E-state index contributed by atoms with van der Waals surface area (Å²) in [7, 11) is 0. The molecule has 1 rings (SSSR count). The average molecular weight is 185 g/mol. The molecule has 1 aromatic rings. The van der Waals surface area contributed by atoms with Crippen LogP contribution in [-0.4, -0.2) is 11.0 Å². The van der Waals surface area contributed by atoms with Crippen molar-refractivity contribution >= 4 is 17.6 Å². The number of aromatic nitrogens is 1. The fraction of sp³-hybridized carbons (Fsp3) is 0.250. The van der Waals surface area contributed by atoms with Gasteiger partial charge in [-0.3, -0.25) is 4.98 Å². The molecule has 0 radical (unpaired) electrons. The van der Waals surface area contributed by atoms with Gasteiger partial charge in [-0.05, 0) is 19.4 Å². The number of aromatic carboxylic acids is 1. The van der Waals surface area contributed by atoms with Gasteiger partial charge in [-0.2, -0.15) is 0 Å². The molecule has 4 heteroatoms. The van der Waals surface area contributed by atoms with Crippen molar-refractivity contribution in [2.24, 2.45) is 0 Å². The van der Waals surface area contributed by atoms with Crippen LogP contribution < -0.4 is 5.11 Å². The second-order valence-electron chi connectivity index (χ2n) is 2.48. The van der Waals surface area contributed by atoms with Crippen molar-refractivity contribution in [3.05, 3.63) is 28.0 Å². The Morgan fingerprint density at radius 1 is 1.58 bits per heavy atom. The van der Waals surface area contributed by atoms with Crippen LogP contribution in [0.5, 0.6) is 0 Å². The van der Waals surface area contributed by atoms with Gasteiger partial charge in [-0.25, -0.2) is 0 Å². The largest absolute Gasteiger partial charge is 0.545 e. The molecule has 12 heavy (non-hydrogen) atoms. The summed E-state index contributed by atoms with van der Waals surface area (Å²) in [6, 6.07) is 0. The highest BCUT2D eigenvalue weighted by molar-refractivity contribution is 6.32. The van der Waals surface area contributed by atoms with E-state index in [1.54, 1.807) is 13.8 Å². The normalized spacial score (nSPS) is 9.92. The van der Waals surface area contributed by atoms with Crippen LogP contribution in [0.15, 0.2) is 6.20 Å². The van der Waals surface area contributed by atoms with E-state index in [9.17, 15) is 9.90 Å². The molecule has 0 spiro atoms. The molecular weight excluding hydrogens is 178 g/mol. The van der Waals surface area contributed by atoms with E-state index in [0.29, 0.717) is 16.3 Å². The lowest BCUT2D eigenvalue weighted by molar-refractivity contribution is -0.255. The molecule has 0 bridgehead atoms. The minimum atomic E-state index is -1.25. The Morgan fingerprint density at radius 3 is 2.67 bits per heavy atom. The third kappa shape index (κ3) is 1.41. The van der Waals surface area contributed by atoms with Gasteiger partial charge >= 0.3 is 0 Å². The first-order valence-corrected chi connectivity index (χ1v) is 3.75. The lowest BCUT2D eigenvalue weighted by atomic mass is 10.1. The minimum absolute atomic E-state index is 0.0469. The molecule has 0 aliphatic carbocycles. The van der Waals surface area contributed by atoms with Crippen molar-refractivity contribution in [3.8, 4) is 0 Å². The van der Waals surface area contributed by atoms with Crippen LogP contribution in [0.1, 0.15) is 21.6 Å². The SMILES string of the molecule is Cc1ncc(C(=O)[O-])c(C)c1Cl. The van der Waals surface area contributed by atoms with E-state index in [0.717, 1.165) is 0 Å². The average Bonchev–Trinajstić information content (AvgIpc) is 2.00. The minimum Gasteiger partial charge on any atom is -0.545 e. The Hall–Kier alpha value is -1.09. The Bertz CT molecular complexity index is 336. The van der Waals surface area contributed by atoms with Gasteiger partial charge in [0.15, 0.2) is 0 Å². The molecule has 0 unspecified atom stereocenters. The van der Waals surface area contributed by atoms with Gasteiger partial charge in [-0.1, -0.05) is 11.6 Å². The van der Waals surface area contributed by atoms with E-state index in [4.69, 9.17) is 11.6 Å². The molecule has 1 heterocycles. The maximum atomic E-state index is 10.5. The van der Waals surface area contributed by atoms with Crippen LogP contribution in [-0.2, 0) is 0 Å². The lowest BCUT2D eigenvalue weighted by Crippen LogP contribution is -2.23. The van der Waals surface area contributed by atoms with E-state index >= 15 is 0 Å². The molecule has 0 aliphatic rings. The van der Waals surface area contributed by atoms with E-state index in [2.05, 4.69) is 4.98 Å². The molecular formula is C8H7ClNO2-. The number of rotatable bonds is 1. The fourth-order valence-corrected chi connectivity index (χ4v) is 1.06. The number of aryl methyl sites for hydroxylation is 1. The van der Waals surface area contributed by atoms with Gasteiger partial charge in [0, 0.05) is 11.8 Å². The predicted molar refractivity (Wildman–Crippen MR) is 43.1 cm³/mol. The third-order valence-corrected chi connectivity index (χ3v) is 2.22. The van der Waals surface area contributed by atoms with Crippen LogP contribution >= 0.6 is 11.6 Å².